The average Bonchev–Trinajstić information content (AvgIpc) is 2.97. The highest BCUT2D eigenvalue weighted by atomic mass is 32.1. The standard InChI is InChI=1S/C21H24N2O3S/c1-13(2)26-15-7-5-6-14(12-15)10-11-18(24)23-21-19(20(22)25)16-8-3-4-9-17(16)27-21/h5-7,10-13H,3-4,8-9H2,1-2H3,(H2,22,25)(H,23,24)/b11-10+. The third-order valence-electron chi connectivity index (χ3n) is 4.31. The number of amides is 2. The molecular weight excluding hydrogens is 360 g/mol. The maximum absolute atomic E-state index is 12.4. The van der Waals surface area contributed by atoms with Crippen molar-refractivity contribution >= 4 is 34.2 Å². The van der Waals surface area contributed by atoms with Gasteiger partial charge in [0.2, 0.25) is 5.91 Å². The Bertz CT molecular complexity index is 884. The highest BCUT2D eigenvalue weighted by Gasteiger charge is 2.24. The van der Waals surface area contributed by atoms with E-state index in [1.165, 1.54) is 17.4 Å². The van der Waals surface area contributed by atoms with E-state index in [-0.39, 0.29) is 12.0 Å². The van der Waals surface area contributed by atoms with Gasteiger partial charge in [-0.05, 0) is 68.9 Å². The normalized spacial score (nSPS) is 13.6. The fourth-order valence-corrected chi connectivity index (χ4v) is 4.50. The zero-order chi connectivity index (χ0) is 19.4. The summed E-state index contributed by atoms with van der Waals surface area (Å²) in [6.45, 7) is 3.93. The largest absolute Gasteiger partial charge is 0.491 e. The lowest BCUT2D eigenvalue weighted by Gasteiger charge is -2.11. The van der Waals surface area contributed by atoms with E-state index in [2.05, 4.69) is 5.32 Å². The summed E-state index contributed by atoms with van der Waals surface area (Å²) < 4.78 is 5.66. The van der Waals surface area contributed by atoms with Gasteiger partial charge in [0, 0.05) is 11.0 Å². The predicted molar refractivity (Wildman–Crippen MR) is 109 cm³/mol. The van der Waals surface area contributed by atoms with Crippen LogP contribution in [0.2, 0.25) is 0 Å². The molecule has 2 aromatic rings. The average molecular weight is 385 g/mol. The first-order valence-corrected chi connectivity index (χ1v) is 9.96. The molecule has 1 aliphatic rings. The van der Waals surface area contributed by atoms with E-state index < -0.39 is 5.91 Å². The SMILES string of the molecule is CC(C)Oc1cccc(/C=C/C(=O)Nc2sc3c(c2C(N)=O)CCCC3)c1. The summed E-state index contributed by atoms with van der Waals surface area (Å²) in [6, 6.07) is 7.54. The van der Waals surface area contributed by atoms with Crippen LogP contribution < -0.4 is 15.8 Å². The van der Waals surface area contributed by atoms with Crippen molar-refractivity contribution in [2.45, 2.75) is 45.6 Å². The summed E-state index contributed by atoms with van der Waals surface area (Å²) in [6.07, 6.45) is 7.20. The third-order valence-corrected chi connectivity index (χ3v) is 5.52. The molecule has 0 spiro atoms. The number of ether oxygens (including phenoxy) is 1. The Balaban J connectivity index is 1.74. The molecule has 0 radical (unpaired) electrons. The Labute approximate surface area is 163 Å². The van der Waals surface area contributed by atoms with Crippen LogP contribution in [0.3, 0.4) is 0 Å². The second kappa shape index (κ2) is 8.39. The van der Waals surface area contributed by atoms with E-state index in [4.69, 9.17) is 10.5 Å². The van der Waals surface area contributed by atoms with Gasteiger partial charge in [0.1, 0.15) is 10.8 Å². The van der Waals surface area contributed by atoms with Crippen molar-refractivity contribution in [3.8, 4) is 5.75 Å². The maximum atomic E-state index is 12.4. The minimum Gasteiger partial charge on any atom is -0.491 e. The summed E-state index contributed by atoms with van der Waals surface area (Å²) in [5, 5.41) is 3.38. The van der Waals surface area contributed by atoms with Gasteiger partial charge in [-0.3, -0.25) is 9.59 Å². The Morgan fingerprint density at radius 1 is 1.26 bits per heavy atom. The number of thiophene rings is 1. The lowest BCUT2D eigenvalue weighted by atomic mass is 9.95. The van der Waals surface area contributed by atoms with Gasteiger partial charge in [0.15, 0.2) is 0 Å². The fourth-order valence-electron chi connectivity index (χ4n) is 3.20. The van der Waals surface area contributed by atoms with Crippen LogP contribution in [0.5, 0.6) is 5.75 Å². The molecular formula is C21H24N2O3S. The molecule has 0 bridgehead atoms. The number of carbonyl (C=O) groups is 2. The van der Waals surface area contributed by atoms with Gasteiger partial charge in [0.05, 0.1) is 11.7 Å². The number of nitrogens with two attached hydrogens (primary N) is 1. The van der Waals surface area contributed by atoms with Gasteiger partial charge in [-0.1, -0.05) is 12.1 Å². The first kappa shape index (κ1) is 19.2. The van der Waals surface area contributed by atoms with Crippen LogP contribution in [0.4, 0.5) is 5.00 Å². The maximum Gasteiger partial charge on any atom is 0.251 e. The van der Waals surface area contributed by atoms with Gasteiger partial charge >= 0.3 is 0 Å². The van der Waals surface area contributed by atoms with Crippen molar-refractivity contribution in [3.05, 3.63) is 51.9 Å². The van der Waals surface area contributed by atoms with Gasteiger partial charge < -0.3 is 15.8 Å². The molecule has 27 heavy (non-hydrogen) atoms. The fraction of sp³-hybridized carbons (Fsp3) is 0.333. The van der Waals surface area contributed by atoms with Crippen LogP contribution in [-0.4, -0.2) is 17.9 Å². The van der Waals surface area contributed by atoms with Crippen molar-refractivity contribution in [2.75, 3.05) is 5.32 Å². The minimum absolute atomic E-state index is 0.0876. The molecule has 5 nitrogen and oxygen atoms in total. The molecule has 3 N–H and O–H groups in total. The smallest absolute Gasteiger partial charge is 0.251 e. The molecule has 0 saturated carbocycles. The summed E-state index contributed by atoms with van der Waals surface area (Å²) in [4.78, 5) is 25.4. The van der Waals surface area contributed by atoms with E-state index in [0.717, 1.165) is 47.4 Å². The molecule has 0 saturated heterocycles. The van der Waals surface area contributed by atoms with Crippen molar-refractivity contribution in [3.63, 3.8) is 0 Å². The number of anilines is 1. The van der Waals surface area contributed by atoms with Crippen LogP contribution in [0, 0.1) is 0 Å². The number of nitrogens with one attached hydrogen (secondary N) is 1. The molecule has 0 unspecified atom stereocenters. The highest BCUT2D eigenvalue weighted by molar-refractivity contribution is 7.17. The molecule has 0 fully saturated rings. The molecule has 1 aromatic heterocycles. The number of carbonyl (C=O) groups excluding carboxylic acids is 2. The molecule has 1 aromatic carbocycles. The van der Waals surface area contributed by atoms with Gasteiger partial charge in [0.25, 0.3) is 5.91 Å². The van der Waals surface area contributed by atoms with Crippen LogP contribution >= 0.6 is 11.3 Å². The van der Waals surface area contributed by atoms with Crippen LogP contribution in [-0.2, 0) is 17.6 Å². The first-order valence-electron chi connectivity index (χ1n) is 9.14. The van der Waals surface area contributed by atoms with Crippen molar-refractivity contribution in [1.82, 2.24) is 0 Å². The van der Waals surface area contributed by atoms with Gasteiger partial charge in [-0.2, -0.15) is 0 Å². The molecule has 2 amide bonds. The quantitative estimate of drug-likeness (QED) is 0.734. The number of hydrogen-bond acceptors (Lipinski definition) is 4. The summed E-state index contributed by atoms with van der Waals surface area (Å²) in [5.74, 6) is -0.00648. The van der Waals surface area contributed by atoms with Crippen molar-refractivity contribution in [1.29, 1.82) is 0 Å². The summed E-state index contributed by atoms with van der Waals surface area (Å²) in [7, 11) is 0. The highest BCUT2D eigenvalue weighted by Crippen LogP contribution is 2.37. The molecule has 1 aliphatic carbocycles. The topological polar surface area (TPSA) is 81.4 Å². The Morgan fingerprint density at radius 3 is 2.78 bits per heavy atom. The van der Waals surface area contributed by atoms with E-state index in [1.807, 2.05) is 38.1 Å². The molecule has 3 rings (SSSR count). The molecule has 0 aliphatic heterocycles. The second-order valence-electron chi connectivity index (χ2n) is 6.84. The number of fused-ring (bicyclic) bond motifs is 1. The number of primary amides is 1. The van der Waals surface area contributed by atoms with E-state index >= 15 is 0 Å². The molecule has 142 valence electrons. The molecule has 6 heteroatoms. The summed E-state index contributed by atoms with van der Waals surface area (Å²) in [5.41, 5.74) is 7.92. The summed E-state index contributed by atoms with van der Waals surface area (Å²) >= 11 is 1.46. The van der Waals surface area contributed by atoms with E-state index in [9.17, 15) is 9.59 Å². The van der Waals surface area contributed by atoms with Crippen LogP contribution in [0.1, 0.15) is 53.1 Å². The lowest BCUT2D eigenvalue weighted by Crippen LogP contribution is -2.17. The first-order chi connectivity index (χ1) is 12.9. The zero-order valence-electron chi connectivity index (χ0n) is 15.6. The van der Waals surface area contributed by atoms with E-state index in [0.29, 0.717) is 10.6 Å². The monoisotopic (exact) mass is 384 g/mol. The van der Waals surface area contributed by atoms with Crippen molar-refractivity contribution < 1.29 is 14.3 Å². The number of hydrogen-bond donors (Lipinski definition) is 2. The van der Waals surface area contributed by atoms with E-state index in [1.54, 1.807) is 6.08 Å². The van der Waals surface area contributed by atoms with Crippen LogP contribution in [0.25, 0.3) is 6.08 Å². The van der Waals surface area contributed by atoms with Crippen LogP contribution in [0.15, 0.2) is 30.3 Å². The number of benzene rings is 1. The minimum atomic E-state index is -0.479. The number of aryl methyl sites for hydroxylation is 1. The zero-order valence-corrected chi connectivity index (χ0v) is 16.4. The second-order valence-corrected chi connectivity index (χ2v) is 7.95. The lowest BCUT2D eigenvalue weighted by molar-refractivity contribution is -0.111. The predicted octanol–water partition coefficient (Wildman–Crippen LogP) is 4.16. The van der Waals surface area contributed by atoms with Gasteiger partial charge in [-0.15, -0.1) is 11.3 Å². The third kappa shape index (κ3) is 4.77. The van der Waals surface area contributed by atoms with Crippen molar-refractivity contribution in [2.24, 2.45) is 5.73 Å². The Morgan fingerprint density at radius 2 is 2.04 bits per heavy atom. The number of rotatable bonds is 6. The Hall–Kier alpha value is -2.60. The molecule has 1 heterocycles. The van der Waals surface area contributed by atoms with Gasteiger partial charge in [-0.25, -0.2) is 0 Å². The molecule has 0 atom stereocenters. The Kier molecular flexibility index (Phi) is 5.96.